The molecule has 1 aliphatic heterocycles. The highest BCUT2D eigenvalue weighted by molar-refractivity contribution is 5.97. The lowest BCUT2D eigenvalue weighted by Crippen LogP contribution is -2.55. The first-order chi connectivity index (χ1) is 9.69. The van der Waals surface area contributed by atoms with Gasteiger partial charge in [0.25, 0.3) is 0 Å². The molecule has 21 heavy (non-hydrogen) atoms. The van der Waals surface area contributed by atoms with Gasteiger partial charge in [0.05, 0.1) is 6.61 Å². The first-order valence-electron chi connectivity index (χ1n) is 6.17. The molecule has 1 atom stereocenters. The Morgan fingerprint density at radius 1 is 1.43 bits per heavy atom. The maximum absolute atomic E-state index is 13.1. The van der Waals surface area contributed by atoms with Crippen LogP contribution in [-0.2, 0) is 9.53 Å². The second-order valence-corrected chi connectivity index (χ2v) is 4.56. The van der Waals surface area contributed by atoms with Crippen molar-refractivity contribution in [1.82, 2.24) is 0 Å². The Kier molecular flexibility index (Phi) is 3.71. The molecule has 1 aliphatic rings. The smallest absolute Gasteiger partial charge is 0.460 e. The lowest BCUT2D eigenvalue weighted by Gasteiger charge is -2.35. The Morgan fingerprint density at radius 2 is 2.10 bits per heavy atom. The minimum Gasteiger partial charge on any atom is -0.462 e. The molecule has 0 aromatic heterocycles. The summed E-state index contributed by atoms with van der Waals surface area (Å²) in [6.45, 7) is 3.07. The van der Waals surface area contributed by atoms with Gasteiger partial charge in [-0.1, -0.05) is 11.6 Å². The molecular weight excluding hydrogens is 289 g/mol. The number of hydrogen-bond donors (Lipinski definition) is 1. The van der Waals surface area contributed by atoms with Crippen LogP contribution in [0.15, 0.2) is 23.8 Å². The molecule has 2 rings (SSSR count). The predicted octanol–water partition coefficient (Wildman–Crippen LogP) is 2.58. The molecule has 0 spiro atoms. The summed E-state index contributed by atoms with van der Waals surface area (Å²) in [5.74, 6) is -5.15. The molecule has 0 fully saturated rings. The predicted molar refractivity (Wildman–Crippen MR) is 67.4 cm³/mol. The Labute approximate surface area is 118 Å². The van der Waals surface area contributed by atoms with Gasteiger partial charge in [0.15, 0.2) is 0 Å². The fraction of sp³-hybridized carbons (Fsp3) is 0.357. The molecule has 1 unspecified atom stereocenters. The van der Waals surface area contributed by atoms with Crippen LogP contribution >= 0.6 is 0 Å². The number of carbonyl (C=O) groups excluding carboxylic acids is 1. The third-order valence-electron chi connectivity index (χ3n) is 2.97. The quantitative estimate of drug-likeness (QED) is 0.853. The van der Waals surface area contributed by atoms with Crippen molar-refractivity contribution in [2.45, 2.75) is 25.8 Å². The van der Waals surface area contributed by atoms with Crippen LogP contribution in [0.4, 0.5) is 13.2 Å². The number of benzene rings is 1. The van der Waals surface area contributed by atoms with E-state index >= 15 is 0 Å². The first kappa shape index (κ1) is 15.4. The molecule has 1 aromatic carbocycles. The van der Waals surface area contributed by atoms with Gasteiger partial charge in [-0.15, -0.1) is 0 Å². The van der Waals surface area contributed by atoms with Crippen LogP contribution < -0.4 is 4.74 Å². The monoisotopic (exact) mass is 302 g/mol. The number of rotatable bonds is 2. The lowest BCUT2D eigenvalue weighted by molar-refractivity contribution is -0.316. The zero-order chi connectivity index (χ0) is 15.8. The second-order valence-electron chi connectivity index (χ2n) is 4.56. The lowest BCUT2D eigenvalue weighted by atomic mass is 9.97. The van der Waals surface area contributed by atoms with Crippen molar-refractivity contribution >= 4 is 12.0 Å². The van der Waals surface area contributed by atoms with Crippen LogP contribution in [0.3, 0.4) is 0 Å². The van der Waals surface area contributed by atoms with E-state index in [1.165, 1.54) is 13.0 Å². The number of esters is 1. The minimum atomic E-state index is -5.19. The number of alkyl halides is 3. The van der Waals surface area contributed by atoms with E-state index < -0.39 is 23.5 Å². The van der Waals surface area contributed by atoms with Crippen molar-refractivity contribution in [1.29, 1.82) is 0 Å². The van der Waals surface area contributed by atoms with E-state index in [-0.39, 0.29) is 17.9 Å². The topological polar surface area (TPSA) is 55.8 Å². The van der Waals surface area contributed by atoms with Gasteiger partial charge in [-0.25, -0.2) is 4.79 Å². The number of halogens is 3. The van der Waals surface area contributed by atoms with Gasteiger partial charge in [0.1, 0.15) is 11.3 Å². The number of aliphatic hydroxyl groups is 1. The molecule has 1 heterocycles. The molecular formula is C14H13F3O4. The highest BCUT2D eigenvalue weighted by Crippen LogP contribution is 2.44. The third-order valence-corrected chi connectivity index (χ3v) is 2.97. The summed E-state index contributed by atoms with van der Waals surface area (Å²) in [7, 11) is 0. The average molecular weight is 302 g/mol. The summed E-state index contributed by atoms with van der Waals surface area (Å²) in [6.07, 6.45) is -4.24. The molecule has 0 amide bonds. The summed E-state index contributed by atoms with van der Waals surface area (Å²) in [5.41, 5.74) is 0.0520. The van der Waals surface area contributed by atoms with Gasteiger partial charge >= 0.3 is 17.9 Å². The molecule has 1 N–H and O–H groups in total. The first-order valence-corrected chi connectivity index (χ1v) is 6.17. The van der Waals surface area contributed by atoms with Crippen LogP contribution in [0.1, 0.15) is 18.1 Å². The summed E-state index contributed by atoms with van der Waals surface area (Å²) in [4.78, 5) is 11.7. The van der Waals surface area contributed by atoms with E-state index in [2.05, 4.69) is 9.47 Å². The van der Waals surface area contributed by atoms with Gasteiger partial charge in [-0.3, -0.25) is 0 Å². The highest BCUT2D eigenvalue weighted by Gasteiger charge is 2.63. The number of ether oxygens (including phenoxy) is 2. The van der Waals surface area contributed by atoms with E-state index in [4.69, 9.17) is 0 Å². The highest BCUT2D eigenvalue weighted by atomic mass is 19.4. The van der Waals surface area contributed by atoms with Crippen molar-refractivity contribution in [3.8, 4) is 5.75 Å². The van der Waals surface area contributed by atoms with Crippen molar-refractivity contribution in [2.24, 2.45) is 0 Å². The molecule has 114 valence electrons. The Bertz CT molecular complexity index is 607. The molecule has 0 aliphatic carbocycles. The number of carbonyl (C=O) groups is 1. The van der Waals surface area contributed by atoms with Crippen molar-refractivity contribution < 1.29 is 32.5 Å². The summed E-state index contributed by atoms with van der Waals surface area (Å²) in [6, 6.07) is 4.39. The van der Waals surface area contributed by atoms with E-state index in [1.54, 1.807) is 19.1 Å². The van der Waals surface area contributed by atoms with Gasteiger partial charge in [-0.05, 0) is 32.1 Å². The second kappa shape index (κ2) is 5.07. The van der Waals surface area contributed by atoms with Crippen LogP contribution in [-0.4, -0.2) is 29.6 Å². The fourth-order valence-electron chi connectivity index (χ4n) is 1.96. The van der Waals surface area contributed by atoms with Crippen LogP contribution in [0.25, 0.3) is 6.08 Å². The number of aryl methyl sites for hydroxylation is 1. The summed E-state index contributed by atoms with van der Waals surface area (Å²) >= 11 is 0. The molecule has 0 bridgehead atoms. The van der Waals surface area contributed by atoms with E-state index in [0.717, 1.165) is 11.6 Å². The SMILES string of the molecule is CCOC(=O)C1=Cc2cc(C)ccc2OC1(O)C(F)(F)F. The van der Waals surface area contributed by atoms with Crippen LogP contribution in [0.2, 0.25) is 0 Å². The van der Waals surface area contributed by atoms with Crippen LogP contribution in [0.5, 0.6) is 5.75 Å². The minimum absolute atomic E-state index is 0.120. The summed E-state index contributed by atoms with van der Waals surface area (Å²) < 4.78 is 48.6. The van der Waals surface area contributed by atoms with Gasteiger partial charge in [0.2, 0.25) is 0 Å². The largest absolute Gasteiger partial charge is 0.462 e. The van der Waals surface area contributed by atoms with Crippen molar-refractivity contribution in [3.63, 3.8) is 0 Å². The Morgan fingerprint density at radius 3 is 2.67 bits per heavy atom. The molecule has 0 saturated heterocycles. The van der Waals surface area contributed by atoms with E-state index in [1.807, 2.05) is 0 Å². The molecule has 1 aromatic rings. The van der Waals surface area contributed by atoms with E-state index in [0.29, 0.717) is 0 Å². The van der Waals surface area contributed by atoms with Gasteiger partial charge in [-0.2, -0.15) is 13.2 Å². The standard InChI is InChI=1S/C14H13F3O4/c1-3-20-12(18)10-7-9-6-8(2)4-5-11(9)21-13(10,19)14(15,16)17/h4-7,19H,3H2,1-2H3. The summed E-state index contributed by atoms with van der Waals surface area (Å²) in [5, 5.41) is 9.86. The zero-order valence-corrected chi connectivity index (χ0v) is 11.3. The zero-order valence-electron chi connectivity index (χ0n) is 11.3. The fourth-order valence-corrected chi connectivity index (χ4v) is 1.96. The molecule has 0 radical (unpaired) electrons. The van der Waals surface area contributed by atoms with Crippen molar-refractivity contribution in [3.05, 3.63) is 34.9 Å². The molecule has 7 heteroatoms. The molecule has 0 saturated carbocycles. The van der Waals surface area contributed by atoms with Gasteiger partial charge < -0.3 is 14.6 Å². The van der Waals surface area contributed by atoms with Crippen LogP contribution in [0, 0.1) is 6.92 Å². The number of fused-ring (bicyclic) bond motifs is 1. The van der Waals surface area contributed by atoms with E-state index in [9.17, 15) is 23.1 Å². The third kappa shape index (κ3) is 2.61. The van der Waals surface area contributed by atoms with Crippen molar-refractivity contribution in [2.75, 3.05) is 6.61 Å². The number of hydrogen-bond acceptors (Lipinski definition) is 4. The van der Waals surface area contributed by atoms with Gasteiger partial charge in [0, 0.05) is 5.56 Å². The Balaban J connectivity index is 2.59. The Hall–Kier alpha value is -2.02. The molecule has 4 nitrogen and oxygen atoms in total. The maximum atomic E-state index is 13.1. The average Bonchev–Trinajstić information content (AvgIpc) is 2.37. The normalized spacial score (nSPS) is 21.1. The maximum Gasteiger partial charge on any atom is 0.460 e.